The first kappa shape index (κ1) is 17.0. The van der Waals surface area contributed by atoms with Crippen molar-refractivity contribution in [1.29, 1.82) is 0 Å². The summed E-state index contributed by atoms with van der Waals surface area (Å²) in [4.78, 5) is 34.1. The molecular formula is C19H15N5O2S. The van der Waals surface area contributed by atoms with Crippen LogP contribution in [0.3, 0.4) is 0 Å². The maximum Gasteiger partial charge on any atom is 0.263 e. The number of benzene rings is 1. The molecule has 1 N–H and O–H groups in total. The van der Waals surface area contributed by atoms with Gasteiger partial charge in [0.25, 0.3) is 5.91 Å². The van der Waals surface area contributed by atoms with E-state index in [-0.39, 0.29) is 11.7 Å². The first-order chi connectivity index (χ1) is 13.0. The van der Waals surface area contributed by atoms with Crippen molar-refractivity contribution in [2.24, 2.45) is 0 Å². The number of fused-ring (bicyclic) bond motifs is 1. The largest absolute Gasteiger partial charge is 0.298 e. The summed E-state index contributed by atoms with van der Waals surface area (Å²) in [6.45, 7) is 3.24. The fourth-order valence-electron chi connectivity index (χ4n) is 2.83. The van der Waals surface area contributed by atoms with Crippen molar-refractivity contribution < 1.29 is 9.59 Å². The highest BCUT2D eigenvalue weighted by Gasteiger charge is 2.22. The third-order valence-electron chi connectivity index (χ3n) is 4.01. The van der Waals surface area contributed by atoms with Crippen molar-refractivity contribution >= 4 is 33.8 Å². The lowest BCUT2D eigenvalue weighted by atomic mass is 10.1. The molecule has 0 atom stereocenters. The number of hydrogen-bond acceptors (Lipinski definition) is 6. The maximum atomic E-state index is 12.8. The van der Waals surface area contributed by atoms with Crippen LogP contribution in [0.5, 0.6) is 0 Å². The average molecular weight is 377 g/mol. The molecule has 4 aromatic rings. The smallest absolute Gasteiger partial charge is 0.263 e. The van der Waals surface area contributed by atoms with E-state index in [9.17, 15) is 9.59 Å². The third-order valence-corrected chi connectivity index (χ3v) is 5.08. The Morgan fingerprint density at radius 3 is 2.67 bits per heavy atom. The lowest BCUT2D eigenvalue weighted by molar-refractivity contribution is 0.101. The zero-order valence-corrected chi connectivity index (χ0v) is 15.4. The lowest BCUT2D eigenvalue weighted by Crippen LogP contribution is -2.13. The standard InChI is InChI=1S/C19H15N5O2S/c1-11-14(17-20-9-6-10-24(17)23-11)18(26)22-19-21-15(16(27-19)12(2)25)13-7-4-3-5-8-13/h3-10H,1-2H3,(H,21,22,26). The summed E-state index contributed by atoms with van der Waals surface area (Å²) in [5, 5.41) is 7.44. The Hall–Kier alpha value is -3.39. The van der Waals surface area contributed by atoms with E-state index >= 15 is 0 Å². The summed E-state index contributed by atoms with van der Waals surface area (Å²) < 4.78 is 1.56. The highest BCUT2D eigenvalue weighted by Crippen LogP contribution is 2.32. The quantitative estimate of drug-likeness (QED) is 0.549. The van der Waals surface area contributed by atoms with Crippen molar-refractivity contribution in [3.05, 3.63) is 64.9 Å². The number of carbonyl (C=O) groups excluding carboxylic acids is 2. The second kappa shape index (κ2) is 6.73. The van der Waals surface area contributed by atoms with Crippen molar-refractivity contribution in [3.63, 3.8) is 0 Å². The normalized spacial score (nSPS) is 10.9. The van der Waals surface area contributed by atoms with Gasteiger partial charge in [-0.1, -0.05) is 41.7 Å². The van der Waals surface area contributed by atoms with Crippen molar-refractivity contribution in [1.82, 2.24) is 19.6 Å². The summed E-state index contributed by atoms with van der Waals surface area (Å²) in [7, 11) is 0. The minimum Gasteiger partial charge on any atom is -0.298 e. The number of nitrogens with zero attached hydrogens (tertiary/aromatic N) is 4. The van der Waals surface area contributed by atoms with Gasteiger partial charge in [0.15, 0.2) is 16.6 Å². The molecule has 1 amide bonds. The van der Waals surface area contributed by atoms with Gasteiger partial charge in [0.1, 0.15) is 5.56 Å². The van der Waals surface area contributed by atoms with E-state index in [2.05, 4.69) is 20.4 Å². The summed E-state index contributed by atoms with van der Waals surface area (Å²) in [6, 6.07) is 11.2. The third kappa shape index (κ3) is 3.11. The fraction of sp³-hybridized carbons (Fsp3) is 0.105. The van der Waals surface area contributed by atoms with E-state index in [1.165, 1.54) is 6.92 Å². The van der Waals surface area contributed by atoms with Crippen LogP contribution in [0.1, 0.15) is 32.6 Å². The molecule has 0 aliphatic heterocycles. The molecule has 4 rings (SSSR count). The Morgan fingerprint density at radius 1 is 1.15 bits per heavy atom. The molecule has 7 nitrogen and oxygen atoms in total. The molecule has 0 saturated heterocycles. The number of amides is 1. The monoisotopic (exact) mass is 377 g/mol. The molecule has 0 aliphatic carbocycles. The molecule has 134 valence electrons. The Balaban J connectivity index is 1.71. The van der Waals surface area contributed by atoms with Gasteiger partial charge in [-0.25, -0.2) is 14.5 Å². The van der Waals surface area contributed by atoms with Gasteiger partial charge in [-0.3, -0.25) is 14.9 Å². The number of thiazole rings is 1. The van der Waals surface area contributed by atoms with Crippen LogP contribution in [-0.4, -0.2) is 31.3 Å². The summed E-state index contributed by atoms with van der Waals surface area (Å²) in [5.74, 6) is -0.453. The number of Topliss-reactive ketones (excluding diaryl/α,β-unsaturated/α-hetero) is 1. The predicted molar refractivity (Wildman–Crippen MR) is 103 cm³/mol. The number of rotatable bonds is 4. The van der Waals surface area contributed by atoms with Gasteiger partial charge >= 0.3 is 0 Å². The van der Waals surface area contributed by atoms with Crippen LogP contribution in [0.2, 0.25) is 0 Å². The molecule has 0 fully saturated rings. The molecule has 0 spiro atoms. The fourth-order valence-corrected chi connectivity index (χ4v) is 3.70. The first-order valence-electron chi connectivity index (χ1n) is 8.23. The van der Waals surface area contributed by atoms with Crippen molar-refractivity contribution in [3.8, 4) is 11.3 Å². The van der Waals surface area contributed by atoms with Crippen LogP contribution in [0.15, 0.2) is 48.8 Å². The second-order valence-electron chi connectivity index (χ2n) is 5.92. The highest BCUT2D eigenvalue weighted by atomic mass is 32.1. The van der Waals surface area contributed by atoms with Gasteiger partial charge in [-0.05, 0) is 13.0 Å². The van der Waals surface area contributed by atoms with E-state index < -0.39 is 0 Å². The zero-order chi connectivity index (χ0) is 19.0. The predicted octanol–water partition coefficient (Wildman–Crippen LogP) is 3.62. The number of carbonyl (C=O) groups is 2. The highest BCUT2D eigenvalue weighted by molar-refractivity contribution is 7.18. The average Bonchev–Trinajstić information content (AvgIpc) is 3.22. The minimum absolute atomic E-state index is 0.0966. The van der Waals surface area contributed by atoms with Crippen LogP contribution in [0.4, 0.5) is 5.13 Å². The van der Waals surface area contributed by atoms with E-state index in [4.69, 9.17) is 0 Å². The van der Waals surface area contributed by atoms with Crippen LogP contribution < -0.4 is 5.32 Å². The zero-order valence-electron chi connectivity index (χ0n) is 14.6. The molecule has 27 heavy (non-hydrogen) atoms. The van der Waals surface area contributed by atoms with Gasteiger partial charge in [0.2, 0.25) is 0 Å². The van der Waals surface area contributed by atoms with Gasteiger partial charge < -0.3 is 0 Å². The van der Waals surface area contributed by atoms with Gasteiger partial charge in [-0.15, -0.1) is 0 Å². The molecule has 0 radical (unpaired) electrons. The maximum absolute atomic E-state index is 12.8. The lowest BCUT2D eigenvalue weighted by Gasteiger charge is -2.00. The number of aryl methyl sites for hydroxylation is 1. The number of nitrogens with one attached hydrogen (secondary N) is 1. The van der Waals surface area contributed by atoms with Gasteiger partial charge in [-0.2, -0.15) is 5.10 Å². The first-order valence-corrected chi connectivity index (χ1v) is 9.04. The molecule has 0 saturated carbocycles. The number of anilines is 1. The summed E-state index contributed by atoms with van der Waals surface area (Å²) >= 11 is 1.16. The Morgan fingerprint density at radius 2 is 1.93 bits per heavy atom. The summed E-state index contributed by atoms with van der Waals surface area (Å²) in [5.41, 5.74) is 2.82. The molecule has 3 heterocycles. The molecule has 0 unspecified atom stereocenters. The van der Waals surface area contributed by atoms with E-state index in [0.29, 0.717) is 32.6 Å². The van der Waals surface area contributed by atoms with Crippen molar-refractivity contribution in [2.75, 3.05) is 5.32 Å². The van der Waals surface area contributed by atoms with E-state index in [1.54, 1.807) is 29.9 Å². The minimum atomic E-state index is -0.357. The van der Waals surface area contributed by atoms with Crippen LogP contribution in [-0.2, 0) is 0 Å². The Kier molecular flexibility index (Phi) is 4.25. The molecule has 3 aromatic heterocycles. The van der Waals surface area contributed by atoms with Crippen molar-refractivity contribution in [2.45, 2.75) is 13.8 Å². The molecule has 0 aliphatic rings. The molecular weight excluding hydrogens is 362 g/mol. The van der Waals surface area contributed by atoms with Gasteiger partial charge in [0.05, 0.1) is 16.3 Å². The molecule has 0 bridgehead atoms. The molecule has 1 aromatic carbocycles. The van der Waals surface area contributed by atoms with Crippen LogP contribution in [0.25, 0.3) is 16.9 Å². The van der Waals surface area contributed by atoms with Crippen LogP contribution >= 0.6 is 11.3 Å². The Labute approximate surface area is 158 Å². The van der Waals surface area contributed by atoms with E-state index in [1.807, 2.05) is 30.3 Å². The summed E-state index contributed by atoms with van der Waals surface area (Å²) in [6.07, 6.45) is 3.34. The number of hydrogen-bond donors (Lipinski definition) is 1. The van der Waals surface area contributed by atoms with Gasteiger partial charge in [0, 0.05) is 24.9 Å². The SMILES string of the molecule is CC(=O)c1sc(NC(=O)c2c(C)nn3cccnc23)nc1-c1ccccc1. The number of ketones is 1. The number of aromatic nitrogens is 4. The second-order valence-corrected chi connectivity index (χ2v) is 6.92. The topological polar surface area (TPSA) is 89.2 Å². The van der Waals surface area contributed by atoms with E-state index in [0.717, 1.165) is 16.9 Å². The Bertz CT molecular complexity index is 1160. The molecule has 8 heteroatoms. The van der Waals surface area contributed by atoms with Crippen LogP contribution in [0, 0.1) is 6.92 Å².